The van der Waals surface area contributed by atoms with Gasteiger partial charge in [0.1, 0.15) is 11.6 Å². The van der Waals surface area contributed by atoms with Gasteiger partial charge in [0.2, 0.25) is 10.0 Å². The molecule has 0 unspecified atom stereocenters. The third-order valence-corrected chi connectivity index (χ3v) is 8.12. The summed E-state index contributed by atoms with van der Waals surface area (Å²) in [5, 5.41) is -0.545. The van der Waals surface area contributed by atoms with Crippen molar-refractivity contribution in [2.45, 2.75) is 31.6 Å². The standard InChI is InChI=1S/C21H24BrFN4O3S/c1-14-2-5-20(24-12-14)27-8-6-26(7-9-27)13-15-10-19(23)17(11-18(15)22)21(28)25-31(29,30)16-3-4-16/h2,5,10-12,16H,3-4,6-9,13H2,1H3,(H,25,28). The number of benzene rings is 1. The Labute approximate surface area is 189 Å². The van der Waals surface area contributed by atoms with Gasteiger partial charge in [0.05, 0.1) is 10.8 Å². The number of rotatable bonds is 6. The topological polar surface area (TPSA) is 82.6 Å². The number of carbonyl (C=O) groups excluding carboxylic acids is 1. The van der Waals surface area contributed by atoms with Crippen molar-refractivity contribution in [2.24, 2.45) is 0 Å². The molecule has 1 N–H and O–H groups in total. The first-order valence-electron chi connectivity index (χ1n) is 10.2. The van der Waals surface area contributed by atoms with E-state index in [1.807, 2.05) is 30.0 Å². The van der Waals surface area contributed by atoms with Crippen LogP contribution >= 0.6 is 15.9 Å². The Morgan fingerprint density at radius 3 is 2.55 bits per heavy atom. The van der Waals surface area contributed by atoms with Crippen molar-refractivity contribution in [3.63, 3.8) is 0 Å². The van der Waals surface area contributed by atoms with Gasteiger partial charge < -0.3 is 4.90 Å². The molecule has 1 amide bonds. The fraction of sp³-hybridized carbons (Fsp3) is 0.429. The number of carbonyl (C=O) groups is 1. The van der Waals surface area contributed by atoms with E-state index in [0.717, 1.165) is 37.6 Å². The molecule has 1 aromatic heterocycles. The second kappa shape index (κ2) is 8.84. The zero-order valence-corrected chi connectivity index (χ0v) is 19.5. The molecule has 4 rings (SSSR count). The number of amides is 1. The molecule has 1 aliphatic heterocycles. The number of anilines is 1. The molecule has 1 aliphatic carbocycles. The van der Waals surface area contributed by atoms with E-state index < -0.39 is 27.0 Å². The number of aryl methyl sites for hydroxylation is 1. The van der Waals surface area contributed by atoms with E-state index in [0.29, 0.717) is 29.4 Å². The van der Waals surface area contributed by atoms with Gasteiger partial charge in [-0.15, -0.1) is 0 Å². The molecule has 0 spiro atoms. The van der Waals surface area contributed by atoms with Crippen molar-refractivity contribution >= 4 is 37.7 Å². The highest BCUT2D eigenvalue weighted by molar-refractivity contribution is 9.10. The lowest BCUT2D eigenvalue weighted by atomic mass is 10.1. The Balaban J connectivity index is 1.38. The van der Waals surface area contributed by atoms with Gasteiger partial charge >= 0.3 is 0 Å². The van der Waals surface area contributed by atoms with Crippen molar-refractivity contribution in [3.8, 4) is 0 Å². The molecule has 2 fully saturated rings. The fourth-order valence-electron chi connectivity index (χ4n) is 3.55. The highest BCUT2D eigenvalue weighted by atomic mass is 79.9. The van der Waals surface area contributed by atoms with E-state index in [1.165, 1.54) is 12.1 Å². The van der Waals surface area contributed by atoms with Crippen LogP contribution in [0.4, 0.5) is 10.2 Å². The van der Waals surface area contributed by atoms with Gasteiger partial charge in [-0.05, 0) is 49.1 Å². The Morgan fingerprint density at radius 2 is 1.94 bits per heavy atom. The summed E-state index contributed by atoms with van der Waals surface area (Å²) in [6.45, 7) is 5.75. The summed E-state index contributed by atoms with van der Waals surface area (Å²) in [6.07, 6.45) is 2.91. The molecular weight excluding hydrogens is 487 g/mol. The maximum atomic E-state index is 14.6. The number of hydrogen-bond acceptors (Lipinski definition) is 6. The maximum absolute atomic E-state index is 14.6. The Kier molecular flexibility index (Phi) is 6.32. The van der Waals surface area contributed by atoms with Gasteiger partial charge in [-0.2, -0.15) is 0 Å². The van der Waals surface area contributed by atoms with E-state index in [4.69, 9.17) is 0 Å². The third-order valence-electron chi connectivity index (χ3n) is 5.56. The van der Waals surface area contributed by atoms with E-state index >= 15 is 0 Å². The lowest BCUT2D eigenvalue weighted by Crippen LogP contribution is -2.46. The molecule has 1 saturated carbocycles. The summed E-state index contributed by atoms with van der Waals surface area (Å²) in [6, 6.07) is 6.72. The zero-order chi connectivity index (χ0) is 22.2. The molecule has 0 atom stereocenters. The van der Waals surface area contributed by atoms with E-state index in [-0.39, 0.29) is 5.56 Å². The Morgan fingerprint density at radius 1 is 1.23 bits per heavy atom. The van der Waals surface area contributed by atoms with Gasteiger partial charge in [0.15, 0.2) is 0 Å². The van der Waals surface area contributed by atoms with Crippen LogP contribution in [0, 0.1) is 12.7 Å². The maximum Gasteiger partial charge on any atom is 0.267 e. The van der Waals surface area contributed by atoms with Gasteiger partial charge in [-0.25, -0.2) is 22.5 Å². The fourth-order valence-corrected chi connectivity index (χ4v) is 5.31. The predicted molar refractivity (Wildman–Crippen MR) is 120 cm³/mol. The van der Waals surface area contributed by atoms with Crippen LogP contribution in [-0.4, -0.2) is 55.6 Å². The molecule has 2 heterocycles. The molecular formula is C21H24BrFN4O3S. The zero-order valence-electron chi connectivity index (χ0n) is 17.1. The summed E-state index contributed by atoms with van der Waals surface area (Å²) in [7, 11) is -3.73. The van der Waals surface area contributed by atoms with E-state index in [1.54, 1.807) is 0 Å². The van der Waals surface area contributed by atoms with Gasteiger partial charge in [-0.1, -0.05) is 22.0 Å². The lowest BCUT2D eigenvalue weighted by Gasteiger charge is -2.35. The third kappa shape index (κ3) is 5.24. The molecule has 31 heavy (non-hydrogen) atoms. The van der Waals surface area contributed by atoms with Crippen LogP contribution in [0.2, 0.25) is 0 Å². The normalized spacial score (nSPS) is 17.6. The number of aromatic nitrogens is 1. The molecule has 2 aromatic rings. The van der Waals surface area contributed by atoms with Crippen molar-refractivity contribution in [3.05, 3.63) is 57.4 Å². The molecule has 0 bridgehead atoms. The highest BCUT2D eigenvalue weighted by Crippen LogP contribution is 2.28. The Bertz CT molecular complexity index is 1080. The van der Waals surface area contributed by atoms with E-state index in [2.05, 4.69) is 30.7 Å². The van der Waals surface area contributed by atoms with Crippen molar-refractivity contribution < 1.29 is 17.6 Å². The van der Waals surface area contributed by atoms with Gasteiger partial charge in [0.25, 0.3) is 5.91 Å². The minimum atomic E-state index is -3.73. The predicted octanol–water partition coefficient (Wildman–Crippen LogP) is 2.84. The van der Waals surface area contributed by atoms with Gasteiger partial charge in [-0.3, -0.25) is 9.69 Å². The van der Waals surface area contributed by atoms with Crippen LogP contribution in [0.1, 0.15) is 34.3 Å². The van der Waals surface area contributed by atoms with Crippen LogP contribution in [-0.2, 0) is 16.6 Å². The first-order valence-corrected chi connectivity index (χ1v) is 12.5. The molecule has 10 heteroatoms. The van der Waals surface area contributed by atoms with Crippen LogP contribution in [0.15, 0.2) is 34.9 Å². The number of pyridine rings is 1. The van der Waals surface area contributed by atoms with Gasteiger partial charge in [0, 0.05) is 43.4 Å². The summed E-state index contributed by atoms with van der Waals surface area (Å²) in [5.74, 6) is -0.714. The highest BCUT2D eigenvalue weighted by Gasteiger charge is 2.37. The molecule has 1 saturated heterocycles. The largest absolute Gasteiger partial charge is 0.354 e. The number of hydrogen-bond donors (Lipinski definition) is 1. The van der Waals surface area contributed by atoms with Crippen molar-refractivity contribution in [2.75, 3.05) is 31.1 Å². The van der Waals surface area contributed by atoms with Crippen LogP contribution < -0.4 is 9.62 Å². The molecule has 7 nitrogen and oxygen atoms in total. The second-order valence-electron chi connectivity index (χ2n) is 8.06. The molecule has 0 radical (unpaired) electrons. The average Bonchev–Trinajstić information content (AvgIpc) is 3.57. The number of piperazine rings is 1. The number of nitrogens with one attached hydrogen (secondary N) is 1. The second-order valence-corrected chi connectivity index (χ2v) is 10.9. The van der Waals surface area contributed by atoms with Crippen LogP contribution in [0.5, 0.6) is 0 Å². The first kappa shape index (κ1) is 22.2. The first-order chi connectivity index (χ1) is 14.7. The monoisotopic (exact) mass is 510 g/mol. The summed E-state index contributed by atoms with van der Waals surface area (Å²) in [4.78, 5) is 21.2. The summed E-state index contributed by atoms with van der Waals surface area (Å²) >= 11 is 3.41. The van der Waals surface area contributed by atoms with Crippen molar-refractivity contribution in [1.29, 1.82) is 0 Å². The molecule has 1 aromatic carbocycles. The average molecular weight is 511 g/mol. The SMILES string of the molecule is Cc1ccc(N2CCN(Cc3cc(F)c(C(=O)NS(=O)(=O)C4CC4)cc3Br)CC2)nc1. The lowest BCUT2D eigenvalue weighted by molar-refractivity contribution is 0.0977. The van der Waals surface area contributed by atoms with Crippen LogP contribution in [0.3, 0.4) is 0 Å². The molecule has 166 valence electrons. The number of sulfonamides is 1. The minimum absolute atomic E-state index is 0.282. The Hall–Kier alpha value is -2.04. The van der Waals surface area contributed by atoms with E-state index in [9.17, 15) is 17.6 Å². The summed E-state index contributed by atoms with van der Waals surface area (Å²) < 4.78 is 41.1. The minimum Gasteiger partial charge on any atom is -0.354 e. The molecule has 2 aliphatic rings. The van der Waals surface area contributed by atoms with Crippen LogP contribution in [0.25, 0.3) is 0 Å². The number of halogens is 2. The number of nitrogens with zero attached hydrogens (tertiary/aromatic N) is 3. The quantitative estimate of drug-likeness (QED) is 0.643. The smallest absolute Gasteiger partial charge is 0.267 e. The van der Waals surface area contributed by atoms with Crippen molar-refractivity contribution in [1.82, 2.24) is 14.6 Å². The summed E-state index contributed by atoms with van der Waals surface area (Å²) in [5.41, 5.74) is 1.55.